The molecule has 0 aromatic heterocycles. The number of hydrogen-bond donors (Lipinski definition) is 5. The van der Waals surface area contributed by atoms with Crippen molar-refractivity contribution < 1.29 is 19.1 Å². The van der Waals surface area contributed by atoms with E-state index >= 15 is 0 Å². The van der Waals surface area contributed by atoms with Crippen molar-refractivity contribution >= 4 is 23.5 Å². The van der Waals surface area contributed by atoms with Crippen LogP contribution in [0, 0.1) is 10.8 Å². The summed E-state index contributed by atoms with van der Waals surface area (Å²) in [5.41, 5.74) is 12.3. The minimum atomic E-state index is -0.827. The summed E-state index contributed by atoms with van der Waals surface area (Å²) in [5.74, 6) is -0.523. The van der Waals surface area contributed by atoms with E-state index < -0.39 is 17.9 Å². The van der Waals surface area contributed by atoms with Crippen LogP contribution >= 0.6 is 0 Å². The first-order chi connectivity index (χ1) is 14.8. The normalized spacial score (nSPS) is 11.3. The van der Waals surface area contributed by atoms with Gasteiger partial charge in [-0.2, -0.15) is 0 Å². The number of rotatable bonds is 11. The van der Waals surface area contributed by atoms with Crippen LogP contribution in [0.1, 0.15) is 41.3 Å². The van der Waals surface area contributed by atoms with E-state index in [0.717, 1.165) is 0 Å². The summed E-state index contributed by atoms with van der Waals surface area (Å²) in [6.45, 7) is 2.20. The van der Waals surface area contributed by atoms with Crippen LogP contribution in [0.5, 0.6) is 5.75 Å². The monoisotopic (exact) mass is 425 g/mol. The van der Waals surface area contributed by atoms with Crippen molar-refractivity contribution in [3.8, 4) is 5.75 Å². The van der Waals surface area contributed by atoms with Gasteiger partial charge in [0.05, 0.1) is 13.2 Å². The van der Waals surface area contributed by atoms with Crippen LogP contribution < -0.4 is 21.5 Å². The van der Waals surface area contributed by atoms with Crippen LogP contribution in [0.2, 0.25) is 0 Å². The number of nitrogens with one attached hydrogen (secondary N) is 3. The van der Waals surface area contributed by atoms with Gasteiger partial charge in [-0.3, -0.25) is 15.6 Å². The molecule has 0 radical (unpaired) electrons. The van der Waals surface area contributed by atoms with E-state index in [9.17, 15) is 9.59 Å². The first-order valence-corrected chi connectivity index (χ1v) is 9.81. The van der Waals surface area contributed by atoms with Gasteiger partial charge in [0.25, 0.3) is 5.91 Å². The summed E-state index contributed by atoms with van der Waals surface area (Å²) < 4.78 is 10.7. The smallest absolute Gasteiger partial charge is 0.328 e. The second kappa shape index (κ2) is 11.3. The Morgan fingerprint density at radius 3 is 2.26 bits per heavy atom. The summed E-state index contributed by atoms with van der Waals surface area (Å²) in [4.78, 5) is 24.8. The van der Waals surface area contributed by atoms with E-state index in [1.165, 1.54) is 0 Å². The Morgan fingerprint density at radius 1 is 1.00 bits per heavy atom. The topological polar surface area (TPSA) is 164 Å². The van der Waals surface area contributed by atoms with Crippen molar-refractivity contribution in [1.29, 1.82) is 10.8 Å². The van der Waals surface area contributed by atoms with Crippen molar-refractivity contribution in [2.75, 3.05) is 13.2 Å². The quantitative estimate of drug-likeness (QED) is 0.159. The second-order valence-corrected chi connectivity index (χ2v) is 6.70. The summed E-state index contributed by atoms with van der Waals surface area (Å²) in [7, 11) is 0. The van der Waals surface area contributed by atoms with Gasteiger partial charge in [0.1, 0.15) is 23.5 Å². The Kier molecular flexibility index (Phi) is 8.56. The number of carbonyl (C=O) groups is 2. The SMILES string of the molecule is CCOC(=O)[C@H](CCCOc1cccc(C(=N)N)c1)NC(=O)c1ccc(C(=N)N)cc1. The molecule has 1 atom stereocenters. The highest BCUT2D eigenvalue weighted by Gasteiger charge is 2.22. The molecule has 2 aromatic rings. The number of nitrogens with two attached hydrogens (primary N) is 2. The summed E-state index contributed by atoms with van der Waals surface area (Å²) in [6, 6.07) is 12.3. The van der Waals surface area contributed by atoms with Crippen LogP contribution in [-0.2, 0) is 9.53 Å². The highest BCUT2D eigenvalue weighted by Crippen LogP contribution is 2.14. The molecule has 7 N–H and O–H groups in total. The van der Waals surface area contributed by atoms with Crippen LogP contribution in [0.25, 0.3) is 0 Å². The molecular weight excluding hydrogens is 398 g/mol. The predicted molar refractivity (Wildman–Crippen MR) is 118 cm³/mol. The van der Waals surface area contributed by atoms with E-state index in [-0.39, 0.29) is 18.3 Å². The van der Waals surface area contributed by atoms with Gasteiger partial charge in [-0.1, -0.05) is 24.3 Å². The lowest BCUT2D eigenvalue weighted by Gasteiger charge is -2.17. The number of amidine groups is 2. The van der Waals surface area contributed by atoms with Gasteiger partial charge in [0.2, 0.25) is 0 Å². The molecule has 0 aliphatic rings. The molecule has 0 fully saturated rings. The van der Waals surface area contributed by atoms with Crippen LogP contribution in [0.15, 0.2) is 48.5 Å². The van der Waals surface area contributed by atoms with Gasteiger partial charge in [0.15, 0.2) is 0 Å². The zero-order valence-corrected chi connectivity index (χ0v) is 17.3. The maximum Gasteiger partial charge on any atom is 0.328 e. The molecule has 0 bridgehead atoms. The molecule has 1 amide bonds. The molecule has 2 aromatic carbocycles. The van der Waals surface area contributed by atoms with Crippen molar-refractivity contribution in [3.05, 3.63) is 65.2 Å². The Bertz CT molecular complexity index is 943. The zero-order chi connectivity index (χ0) is 22.8. The molecule has 0 spiro atoms. The van der Waals surface area contributed by atoms with Crippen molar-refractivity contribution in [2.24, 2.45) is 11.5 Å². The van der Waals surface area contributed by atoms with Crippen molar-refractivity contribution in [1.82, 2.24) is 5.32 Å². The van der Waals surface area contributed by atoms with E-state index in [4.69, 9.17) is 31.8 Å². The molecule has 9 nitrogen and oxygen atoms in total. The Hall–Kier alpha value is -3.88. The van der Waals surface area contributed by atoms with Gasteiger partial charge in [-0.25, -0.2) is 4.79 Å². The third-order valence-corrected chi connectivity index (χ3v) is 4.39. The predicted octanol–water partition coefficient (Wildman–Crippen LogP) is 1.78. The molecule has 0 saturated heterocycles. The molecule has 0 aliphatic heterocycles. The molecule has 0 unspecified atom stereocenters. The van der Waals surface area contributed by atoms with Gasteiger partial charge in [0, 0.05) is 16.7 Å². The van der Waals surface area contributed by atoms with Crippen LogP contribution in [0.4, 0.5) is 0 Å². The number of carbonyl (C=O) groups excluding carboxylic acids is 2. The van der Waals surface area contributed by atoms with Crippen molar-refractivity contribution in [2.45, 2.75) is 25.8 Å². The lowest BCUT2D eigenvalue weighted by Crippen LogP contribution is -2.42. The summed E-state index contributed by atoms with van der Waals surface area (Å²) in [6.07, 6.45) is 0.805. The van der Waals surface area contributed by atoms with E-state index in [1.807, 2.05) is 0 Å². The third kappa shape index (κ3) is 7.14. The average Bonchev–Trinajstić information content (AvgIpc) is 2.76. The maximum absolute atomic E-state index is 12.5. The first-order valence-electron chi connectivity index (χ1n) is 9.81. The number of esters is 1. The highest BCUT2D eigenvalue weighted by molar-refractivity contribution is 5.99. The van der Waals surface area contributed by atoms with Gasteiger partial charge >= 0.3 is 5.97 Å². The first kappa shape index (κ1) is 23.4. The number of amides is 1. The molecular formula is C22H27N5O4. The molecule has 2 rings (SSSR count). The third-order valence-electron chi connectivity index (χ3n) is 4.39. The number of benzene rings is 2. The number of hydrogen-bond acceptors (Lipinski definition) is 6. The van der Waals surface area contributed by atoms with Gasteiger partial charge in [-0.15, -0.1) is 0 Å². The molecule has 164 valence electrons. The Morgan fingerprint density at radius 2 is 1.65 bits per heavy atom. The fourth-order valence-electron chi connectivity index (χ4n) is 2.77. The fourth-order valence-corrected chi connectivity index (χ4v) is 2.77. The summed E-state index contributed by atoms with van der Waals surface area (Å²) >= 11 is 0. The highest BCUT2D eigenvalue weighted by atomic mass is 16.5. The fraction of sp³-hybridized carbons (Fsp3) is 0.273. The largest absolute Gasteiger partial charge is 0.494 e. The standard InChI is InChI=1S/C22H27N5O4/c1-2-30-22(29)18(27-21(28)15-10-8-14(9-11-15)19(23)24)7-4-12-31-17-6-3-5-16(13-17)20(25)26/h3,5-6,8-11,13,18H,2,4,7,12H2,1H3,(H3,23,24)(H3,25,26)(H,27,28)/t18-/m0/s1. The second-order valence-electron chi connectivity index (χ2n) is 6.70. The van der Waals surface area contributed by atoms with Gasteiger partial charge in [-0.05, 0) is 44.0 Å². The van der Waals surface area contributed by atoms with Crippen LogP contribution in [0.3, 0.4) is 0 Å². The zero-order valence-electron chi connectivity index (χ0n) is 17.3. The summed E-state index contributed by atoms with van der Waals surface area (Å²) in [5, 5.41) is 17.6. The van der Waals surface area contributed by atoms with E-state index in [0.29, 0.717) is 41.9 Å². The average molecular weight is 425 g/mol. The number of ether oxygens (including phenoxy) is 2. The van der Waals surface area contributed by atoms with Gasteiger partial charge < -0.3 is 26.3 Å². The molecule has 0 aliphatic carbocycles. The van der Waals surface area contributed by atoms with E-state index in [2.05, 4.69) is 5.32 Å². The lowest BCUT2D eigenvalue weighted by molar-refractivity contribution is -0.145. The minimum Gasteiger partial charge on any atom is -0.494 e. The maximum atomic E-state index is 12.5. The van der Waals surface area contributed by atoms with Crippen molar-refractivity contribution in [3.63, 3.8) is 0 Å². The Labute approximate surface area is 180 Å². The van der Waals surface area contributed by atoms with Crippen LogP contribution in [-0.4, -0.2) is 42.8 Å². The molecule has 31 heavy (non-hydrogen) atoms. The molecule has 9 heteroatoms. The number of nitrogen functional groups attached to an aromatic ring is 2. The molecule has 0 saturated carbocycles. The molecule has 0 heterocycles. The Balaban J connectivity index is 1.94. The lowest BCUT2D eigenvalue weighted by atomic mass is 10.1. The van der Waals surface area contributed by atoms with E-state index in [1.54, 1.807) is 55.5 Å². The minimum absolute atomic E-state index is 0.0492.